The number of carboxylic acids is 1. The van der Waals surface area contributed by atoms with Crippen LogP contribution in [-0.4, -0.2) is 37.5 Å². The van der Waals surface area contributed by atoms with E-state index in [0.717, 1.165) is 22.0 Å². The molecular formula is C15H12N4O5. The number of aromatic nitrogens is 4. The molecule has 4 rings (SSSR count). The van der Waals surface area contributed by atoms with Crippen LogP contribution < -0.4 is 15.0 Å². The number of aryl methyl sites for hydroxylation is 2. The standard InChI is InChI=1S/C15H12N4O5/c20-13-9(14(21)22)6-16-15-17-12(18-19(13)15)4-2-8-1-3-10-11(5-8)24-7-23-10/h1,3,5-6H,2,4,7H2,(H,21,22)(H,16,17,18). The number of fused-ring (bicyclic) bond motifs is 2. The third-order valence-corrected chi connectivity index (χ3v) is 3.74. The van der Waals surface area contributed by atoms with Gasteiger partial charge in [-0.3, -0.25) is 9.89 Å². The van der Waals surface area contributed by atoms with Crippen molar-refractivity contribution in [3.63, 3.8) is 0 Å². The second-order valence-corrected chi connectivity index (χ2v) is 5.28. The number of carbonyl (C=O) groups is 1. The number of hydrogen-bond acceptors (Lipinski definition) is 6. The molecule has 122 valence electrons. The SMILES string of the molecule is O=C(O)c1cnc2nc(CCc3ccc4c(c3)OCO4)[nH]n2c1=O. The van der Waals surface area contributed by atoms with Gasteiger partial charge in [0, 0.05) is 6.42 Å². The maximum absolute atomic E-state index is 12.0. The van der Waals surface area contributed by atoms with Gasteiger partial charge in [-0.1, -0.05) is 6.07 Å². The molecular weight excluding hydrogens is 316 g/mol. The van der Waals surface area contributed by atoms with Crippen molar-refractivity contribution < 1.29 is 19.4 Å². The summed E-state index contributed by atoms with van der Waals surface area (Å²) in [6.07, 6.45) is 2.21. The highest BCUT2D eigenvalue weighted by Crippen LogP contribution is 2.32. The van der Waals surface area contributed by atoms with Gasteiger partial charge in [-0.05, 0) is 24.1 Å². The molecule has 0 atom stereocenters. The first-order chi connectivity index (χ1) is 11.6. The van der Waals surface area contributed by atoms with E-state index in [-0.39, 0.29) is 12.6 Å². The summed E-state index contributed by atoms with van der Waals surface area (Å²) in [4.78, 5) is 31.1. The number of carboxylic acid groups (broad SMARTS) is 1. The number of nitrogens with one attached hydrogen (secondary N) is 1. The Hall–Kier alpha value is -3.36. The number of H-pyrrole nitrogens is 1. The topological polar surface area (TPSA) is 119 Å². The Morgan fingerprint density at radius 2 is 2.12 bits per heavy atom. The molecule has 0 spiro atoms. The largest absolute Gasteiger partial charge is 0.477 e. The van der Waals surface area contributed by atoms with Crippen LogP contribution in [0.4, 0.5) is 0 Å². The number of aromatic amines is 1. The zero-order valence-corrected chi connectivity index (χ0v) is 12.4. The van der Waals surface area contributed by atoms with E-state index in [1.165, 1.54) is 0 Å². The van der Waals surface area contributed by atoms with Crippen LogP contribution in [0.15, 0.2) is 29.2 Å². The van der Waals surface area contributed by atoms with Gasteiger partial charge in [0.2, 0.25) is 6.79 Å². The van der Waals surface area contributed by atoms with E-state index in [0.29, 0.717) is 24.4 Å². The molecule has 9 heteroatoms. The van der Waals surface area contributed by atoms with E-state index in [1.807, 2.05) is 18.2 Å². The Bertz CT molecular complexity index is 1010. The minimum absolute atomic E-state index is 0.144. The van der Waals surface area contributed by atoms with E-state index >= 15 is 0 Å². The van der Waals surface area contributed by atoms with Gasteiger partial charge >= 0.3 is 5.97 Å². The third-order valence-electron chi connectivity index (χ3n) is 3.74. The summed E-state index contributed by atoms with van der Waals surface area (Å²) in [6, 6.07) is 5.68. The van der Waals surface area contributed by atoms with E-state index < -0.39 is 17.1 Å². The fraction of sp³-hybridized carbons (Fsp3) is 0.200. The molecule has 0 fully saturated rings. The average Bonchev–Trinajstić information content (AvgIpc) is 3.19. The summed E-state index contributed by atoms with van der Waals surface area (Å²) >= 11 is 0. The molecule has 0 saturated heterocycles. The number of hydrogen-bond donors (Lipinski definition) is 2. The fourth-order valence-electron chi connectivity index (χ4n) is 2.52. The molecule has 24 heavy (non-hydrogen) atoms. The zero-order valence-electron chi connectivity index (χ0n) is 12.4. The highest BCUT2D eigenvalue weighted by Gasteiger charge is 2.15. The van der Waals surface area contributed by atoms with Crippen molar-refractivity contribution in [3.8, 4) is 11.5 Å². The monoisotopic (exact) mass is 328 g/mol. The van der Waals surface area contributed by atoms with Crippen molar-refractivity contribution in [3.05, 3.63) is 51.7 Å². The normalized spacial score (nSPS) is 12.7. The average molecular weight is 328 g/mol. The maximum Gasteiger partial charge on any atom is 0.343 e. The van der Waals surface area contributed by atoms with Crippen molar-refractivity contribution in [2.75, 3.05) is 6.79 Å². The van der Waals surface area contributed by atoms with Gasteiger partial charge in [0.1, 0.15) is 11.4 Å². The van der Waals surface area contributed by atoms with Gasteiger partial charge in [-0.25, -0.2) is 9.78 Å². The van der Waals surface area contributed by atoms with Crippen LogP contribution in [0.3, 0.4) is 0 Å². The minimum atomic E-state index is -1.32. The molecule has 0 radical (unpaired) electrons. The quantitative estimate of drug-likeness (QED) is 0.721. The Kier molecular flexibility index (Phi) is 3.19. The lowest BCUT2D eigenvalue weighted by molar-refractivity contribution is 0.0694. The molecule has 2 aromatic heterocycles. The van der Waals surface area contributed by atoms with E-state index in [2.05, 4.69) is 15.1 Å². The maximum atomic E-state index is 12.0. The third kappa shape index (κ3) is 2.35. The second kappa shape index (κ2) is 5.37. The fourth-order valence-corrected chi connectivity index (χ4v) is 2.52. The number of ether oxygens (including phenoxy) is 2. The molecule has 3 heterocycles. The first-order valence-electron chi connectivity index (χ1n) is 7.20. The number of nitrogens with zero attached hydrogens (tertiary/aromatic N) is 3. The van der Waals surface area contributed by atoms with Crippen LogP contribution in [-0.2, 0) is 12.8 Å². The first-order valence-corrected chi connectivity index (χ1v) is 7.20. The van der Waals surface area contributed by atoms with Crippen LogP contribution in [0.5, 0.6) is 11.5 Å². The highest BCUT2D eigenvalue weighted by molar-refractivity contribution is 5.86. The van der Waals surface area contributed by atoms with Gasteiger partial charge in [0.25, 0.3) is 11.3 Å². The van der Waals surface area contributed by atoms with Crippen LogP contribution >= 0.6 is 0 Å². The summed E-state index contributed by atoms with van der Waals surface area (Å²) in [7, 11) is 0. The Morgan fingerprint density at radius 3 is 2.96 bits per heavy atom. The molecule has 1 aliphatic heterocycles. The molecule has 2 N–H and O–H groups in total. The van der Waals surface area contributed by atoms with E-state index in [9.17, 15) is 9.59 Å². The molecule has 0 saturated carbocycles. The lowest BCUT2D eigenvalue weighted by Crippen LogP contribution is -2.23. The lowest BCUT2D eigenvalue weighted by atomic mass is 10.1. The molecule has 0 bridgehead atoms. The summed E-state index contributed by atoms with van der Waals surface area (Å²) in [5.74, 6) is 0.796. The van der Waals surface area contributed by atoms with Crippen LogP contribution in [0.25, 0.3) is 5.78 Å². The van der Waals surface area contributed by atoms with Crippen molar-refractivity contribution in [1.82, 2.24) is 19.6 Å². The summed E-state index contributed by atoms with van der Waals surface area (Å²) in [5, 5.41) is 11.7. The lowest BCUT2D eigenvalue weighted by Gasteiger charge is -2.01. The molecule has 0 aliphatic carbocycles. The summed E-state index contributed by atoms with van der Waals surface area (Å²) in [5.41, 5.74) is -0.0564. The Balaban J connectivity index is 1.58. The molecule has 3 aromatic rings. The second-order valence-electron chi connectivity index (χ2n) is 5.28. The number of benzene rings is 1. The molecule has 9 nitrogen and oxygen atoms in total. The number of aromatic carboxylic acids is 1. The molecule has 1 aromatic carbocycles. The molecule has 0 amide bonds. The predicted octanol–water partition coefficient (Wildman–Crippen LogP) is 0.630. The van der Waals surface area contributed by atoms with Crippen LogP contribution in [0.2, 0.25) is 0 Å². The zero-order chi connectivity index (χ0) is 16.7. The first kappa shape index (κ1) is 14.2. The smallest absolute Gasteiger partial charge is 0.343 e. The van der Waals surface area contributed by atoms with Crippen molar-refractivity contribution in [2.24, 2.45) is 0 Å². The summed E-state index contributed by atoms with van der Waals surface area (Å²) in [6.45, 7) is 0.225. The summed E-state index contributed by atoms with van der Waals surface area (Å²) < 4.78 is 11.6. The van der Waals surface area contributed by atoms with Crippen molar-refractivity contribution in [2.45, 2.75) is 12.8 Å². The minimum Gasteiger partial charge on any atom is -0.477 e. The molecule has 0 unspecified atom stereocenters. The van der Waals surface area contributed by atoms with Gasteiger partial charge in [-0.15, -0.1) is 0 Å². The Labute approximate surface area is 134 Å². The van der Waals surface area contributed by atoms with Crippen LogP contribution in [0.1, 0.15) is 21.7 Å². The van der Waals surface area contributed by atoms with E-state index in [4.69, 9.17) is 14.6 Å². The van der Waals surface area contributed by atoms with Crippen molar-refractivity contribution >= 4 is 11.7 Å². The Morgan fingerprint density at radius 1 is 1.29 bits per heavy atom. The van der Waals surface area contributed by atoms with Gasteiger partial charge in [0.15, 0.2) is 11.5 Å². The van der Waals surface area contributed by atoms with Gasteiger partial charge in [-0.2, -0.15) is 9.50 Å². The van der Waals surface area contributed by atoms with E-state index in [1.54, 1.807) is 0 Å². The highest BCUT2D eigenvalue weighted by atomic mass is 16.7. The number of rotatable bonds is 4. The molecule has 1 aliphatic rings. The van der Waals surface area contributed by atoms with Gasteiger partial charge < -0.3 is 14.6 Å². The van der Waals surface area contributed by atoms with Gasteiger partial charge in [0.05, 0.1) is 6.20 Å². The van der Waals surface area contributed by atoms with Crippen LogP contribution in [0, 0.1) is 0 Å². The van der Waals surface area contributed by atoms with Crippen molar-refractivity contribution in [1.29, 1.82) is 0 Å². The predicted molar refractivity (Wildman–Crippen MR) is 80.5 cm³/mol.